The highest BCUT2D eigenvalue weighted by atomic mass is 79.9. The van der Waals surface area contributed by atoms with E-state index in [4.69, 9.17) is 4.74 Å². The van der Waals surface area contributed by atoms with E-state index < -0.39 is 5.82 Å². The van der Waals surface area contributed by atoms with Crippen LogP contribution in [0.4, 0.5) is 10.1 Å². The summed E-state index contributed by atoms with van der Waals surface area (Å²) in [6.45, 7) is 0. The Morgan fingerprint density at radius 2 is 2.00 bits per heavy atom. The van der Waals surface area contributed by atoms with Crippen molar-refractivity contribution in [3.05, 3.63) is 58.3 Å². The molecule has 2 rings (SSSR count). The maximum atomic E-state index is 13.2. The Kier molecular flexibility index (Phi) is 4.39. The van der Waals surface area contributed by atoms with Crippen LogP contribution in [0.2, 0.25) is 0 Å². The van der Waals surface area contributed by atoms with Crippen LogP contribution < -0.4 is 9.64 Å². The first-order valence-corrected chi connectivity index (χ1v) is 6.69. The van der Waals surface area contributed by atoms with Gasteiger partial charge in [0.15, 0.2) is 0 Å². The van der Waals surface area contributed by atoms with E-state index in [1.165, 1.54) is 23.1 Å². The fourth-order valence-electron chi connectivity index (χ4n) is 1.76. The molecule has 104 valence electrons. The van der Waals surface area contributed by atoms with Gasteiger partial charge in [-0.2, -0.15) is 0 Å². The van der Waals surface area contributed by atoms with E-state index in [1.54, 1.807) is 38.4 Å². The molecule has 0 saturated carbocycles. The zero-order valence-electron chi connectivity index (χ0n) is 11.1. The second-order valence-corrected chi connectivity index (χ2v) is 5.05. The smallest absolute Gasteiger partial charge is 0.258 e. The Balaban J connectivity index is 2.29. The monoisotopic (exact) mass is 337 g/mol. The van der Waals surface area contributed by atoms with Gasteiger partial charge >= 0.3 is 0 Å². The molecule has 0 saturated heterocycles. The molecule has 0 heterocycles. The van der Waals surface area contributed by atoms with Crippen LogP contribution in [0, 0.1) is 5.82 Å². The summed E-state index contributed by atoms with van der Waals surface area (Å²) in [4.78, 5) is 13.8. The van der Waals surface area contributed by atoms with Crippen LogP contribution in [-0.4, -0.2) is 20.1 Å². The van der Waals surface area contributed by atoms with Crippen LogP contribution in [0.15, 0.2) is 46.9 Å². The number of ether oxygens (including phenoxy) is 1. The van der Waals surface area contributed by atoms with E-state index in [0.29, 0.717) is 17.0 Å². The first-order chi connectivity index (χ1) is 9.52. The quantitative estimate of drug-likeness (QED) is 0.850. The summed E-state index contributed by atoms with van der Waals surface area (Å²) in [5.74, 6) is 0.0481. The maximum Gasteiger partial charge on any atom is 0.258 e. The standard InChI is InChI=1S/C15H13BrFNO2/c1-18(11-4-3-5-12(9-11)20-2)15(19)10-6-7-14(17)13(16)8-10/h3-9H,1-2H3. The van der Waals surface area contributed by atoms with Crippen LogP contribution in [0.5, 0.6) is 5.75 Å². The minimum absolute atomic E-state index is 0.223. The number of rotatable bonds is 3. The van der Waals surface area contributed by atoms with Gasteiger partial charge in [-0.1, -0.05) is 6.07 Å². The molecule has 0 aliphatic heterocycles. The Bertz CT molecular complexity index is 646. The van der Waals surface area contributed by atoms with E-state index in [1.807, 2.05) is 0 Å². The number of halogens is 2. The van der Waals surface area contributed by atoms with E-state index in [9.17, 15) is 9.18 Å². The summed E-state index contributed by atoms with van der Waals surface area (Å²) >= 11 is 3.08. The number of hydrogen-bond donors (Lipinski definition) is 0. The lowest BCUT2D eigenvalue weighted by molar-refractivity contribution is 0.0993. The molecule has 1 amide bonds. The lowest BCUT2D eigenvalue weighted by Crippen LogP contribution is -2.26. The van der Waals surface area contributed by atoms with Gasteiger partial charge in [0.25, 0.3) is 5.91 Å². The van der Waals surface area contributed by atoms with Crippen LogP contribution in [0.25, 0.3) is 0 Å². The summed E-state index contributed by atoms with van der Waals surface area (Å²) in [6, 6.07) is 11.4. The van der Waals surface area contributed by atoms with E-state index in [-0.39, 0.29) is 10.4 Å². The SMILES string of the molecule is COc1cccc(N(C)C(=O)c2ccc(F)c(Br)c2)c1. The van der Waals surface area contributed by atoms with Gasteiger partial charge in [-0.05, 0) is 46.3 Å². The molecule has 0 aliphatic rings. The predicted molar refractivity (Wildman–Crippen MR) is 79.8 cm³/mol. The van der Waals surface area contributed by atoms with Crippen molar-refractivity contribution in [2.75, 3.05) is 19.1 Å². The van der Waals surface area contributed by atoms with Crippen LogP contribution in [-0.2, 0) is 0 Å². The third kappa shape index (κ3) is 2.99. The first kappa shape index (κ1) is 14.5. The van der Waals surface area contributed by atoms with Crippen molar-refractivity contribution < 1.29 is 13.9 Å². The molecule has 0 aromatic heterocycles. The summed E-state index contributed by atoms with van der Waals surface area (Å²) in [5.41, 5.74) is 1.11. The molecule has 20 heavy (non-hydrogen) atoms. The first-order valence-electron chi connectivity index (χ1n) is 5.90. The van der Waals surface area contributed by atoms with Gasteiger partial charge in [0.2, 0.25) is 0 Å². The summed E-state index contributed by atoms with van der Waals surface area (Å²) in [6.07, 6.45) is 0. The number of nitrogens with zero attached hydrogens (tertiary/aromatic N) is 1. The highest BCUT2D eigenvalue weighted by Crippen LogP contribution is 2.23. The number of carbonyl (C=O) groups excluding carboxylic acids is 1. The number of benzene rings is 2. The number of methoxy groups -OCH3 is 1. The highest BCUT2D eigenvalue weighted by Gasteiger charge is 2.15. The molecule has 0 unspecified atom stereocenters. The summed E-state index contributed by atoms with van der Waals surface area (Å²) in [5, 5.41) is 0. The zero-order valence-corrected chi connectivity index (χ0v) is 12.6. The van der Waals surface area contributed by atoms with Gasteiger partial charge in [-0.15, -0.1) is 0 Å². The average Bonchev–Trinajstić information content (AvgIpc) is 2.48. The molecule has 3 nitrogen and oxygen atoms in total. The maximum absolute atomic E-state index is 13.2. The fraction of sp³-hybridized carbons (Fsp3) is 0.133. The van der Waals surface area contributed by atoms with Crippen molar-refractivity contribution in [1.82, 2.24) is 0 Å². The molecular formula is C15H13BrFNO2. The third-order valence-corrected chi connectivity index (χ3v) is 3.52. The number of hydrogen-bond acceptors (Lipinski definition) is 2. The van der Waals surface area contributed by atoms with Crippen LogP contribution in [0.1, 0.15) is 10.4 Å². The average molecular weight is 338 g/mol. The number of anilines is 1. The third-order valence-electron chi connectivity index (χ3n) is 2.91. The lowest BCUT2D eigenvalue weighted by Gasteiger charge is -2.18. The van der Waals surface area contributed by atoms with Gasteiger partial charge in [-0.3, -0.25) is 4.79 Å². The molecule has 0 bridgehead atoms. The minimum atomic E-state index is -0.398. The topological polar surface area (TPSA) is 29.5 Å². The molecule has 2 aromatic carbocycles. The van der Waals surface area contributed by atoms with E-state index in [0.717, 1.165) is 0 Å². The molecule has 0 radical (unpaired) electrons. The molecule has 0 N–H and O–H groups in total. The van der Waals surface area contributed by atoms with Gasteiger partial charge in [0.1, 0.15) is 11.6 Å². The highest BCUT2D eigenvalue weighted by molar-refractivity contribution is 9.10. The van der Waals surface area contributed by atoms with Gasteiger partial charge in [0.05, 0.1) is 11.6 Å². The minimum Gasteiger partial charge on any atom is -0.497 e. The second-order valence-electron chi connectivity index (χ2n) is 4.19. The number of amides is 1. The molecule has 5 heteroatoms. The van der Waals surface area contributed by atoms with Crippen molar-refractivity contribution in [3.8, 4) is 5.75 Å². The van der Waals surface area contributed by atoms with Gasteiger partial charge in [-0.25, -0.2) is 4.39 Å². The Labute approximate surface area is 125 Å². The molecular weight excluding hydrogens is 325 g/mol. The van der Waals surface area contributed by atoms with Crippen molar-refractivity contribution >= 4 is 27.5 Å². The Hall–Kier alpha value is -1.88. The molecule has 0 atom stereocenters. The largest absolute Gasteiger partial charge is 0.497 e. The van der Waals surface area contributed by atoms with Gasteiger partial charge < -0.3 is 9.64 Å². The molecule has 0 fully saturated rings. The normalized spacial score (nSPS) is 10.2. The summed E-state index contributed by atoms with van der Waals surface area (Å²) in [7, 11) is 3.23. The molecule has 0 spiro atoms. The van der Waals surface area contributed by atoms with Crippen molar-refractivity contribution in [1.29, 1.82) is 0 Å². The molecule has 0 aliphatic carbocycles. The van der Waals surface area contributed by atoms with E-state index in [2.05, 4.69) is 15.9 Å². The zero-order chi connectivity index (χ0) is 14.7. The Morgan fingerprint density at radius 3 is 2.65 bits per heavy atom. The van der Waals surface area contributed by atoms with Crippen LogP contribution in [0.3, 0.4) is 0 Å². The Morgan fingerprint density at radius 1 is 1.25 bits per heavy atom. The fourth-order valence-corrected chi connectivity index (χ4v) is 2.14. The van der Waals surface area contributed by atoms with Crippen LogP contribution >= 0.6 is 15.9 Å². The summed E-state index contributed by atoms with van der Waals surface area (Å²) < 4.78 is 18.6. The van der Waals surface area contributed by atoms with Crippen molar-refractivity contribution in [2.45, 2.75) is 0 Å². The lowest BCUT2D eigenvalue weighted by atomic mass is 10.2. The van der Waals surface area contributed by atoms with Crippen molar-refractivity contribution in [3.63, 3.8) is 0 Å². The molecule has 2 aromatic rings. The number of carbonyl (C=O) groups is 1. The van der Waals surface area contributed by atoms with E-state index >= 15 is 0 Å². The van der Waals surface area contributed by atoms with Crippen molar-refractivity contribution in [2.24, 2.45) is 0 Å². The second kappa shape index (κ2) is 6.05. The van der Waals surface area contributed by atoms with Gasteiger partial charge in [0, 0.05) is 24.4 Å². The predicted octanol–water partition coefficient (Wildman–Crippen LogP) is 3.87.